The predicted molar refractivity (Wildman–Crippen MR) is 118 cm³/mol. The molecule has 0 heterocycles. The van der Waals surface area contributed by atoms with Crippen molar-refractivity contribution in [2.75, 3.05) is 7.11 Å². The second kappa shape index (κ2) is 18.5. The molecule has 148 valence electrons. The highest BCUT2D eigenvalue weighted by Crippen LogP contribution is 2.30. The molecule has 1 aliphatic rings. The monoisotopic (exact) mass is 358 g/mol. The minimum Gasteiger partial charge on any atom is -0.400 e. The Labute approximate surface area is 163 Å². The fraction of sp³-hybridized carbons (Fsp3) is 0.600. The molecule has 0 saturated heterocycles. The van der Waals surface area contributed by atoms with Gasteiger partial charge in [0.25, 0.3) is 0 Å². The van der Waals surface area contributed by atoms with E-state index in [4.69, 9.17) is 5.11 Å². The lowest BCUT2D eigenvalue weighted by Gasteiger charge is -2.14. The Hall–Kier alpha value is -1.34. The summed E-state index contributed by atoms with van der Waals surface area (Å²) < 4.78 is 0. The van der Waals surface area contributed by atoms with Gasteiger partial charge in [0, 0.05) is 7.11 Å². The number of unbranched alkanes of at least 4 members (excludes halogenated alkanes) is 1. The van der Waals surface area contributed by atoms with Gasteiger partial charge in [0.15, 0.2) is 0 Å². The smallest absolute Gasteiger partial charge is 0.0319 e. The van der Waals surface area contributed by atoms with Crippen molar-refractivity contribution in [3.63, 3.8) is 0 Å². The Bertz CT molecular complexity index is 429. The first-order chi connectivity index (χ1) is 12.8. The Morgan fingerprint density at radius 3 is 2.31 bits per heavy atom. The second-order valence-electron chi connectivity index (χ2n) is 7.29. The SMILES string of the molecule is C=CCC/C=C\C.CC(CCc1ccccc1)CCC1CCCC1.CO. The fourth-order valence-electron chi connectivity index (χ4n) is 3.40. The van der Waals surface area contributed by atoms with Crippen LogP contribution in [-0.2, 0) is 6.42 Å². The van der Waals surface area contributed by atoms with E-state index in [1.165, 1.54) is 56.9 Å². The first-order valence-corrected chi connectivity index (χ1v) is 10.5. The number of rotatable bonds is 9. The van der Waals surface area contributed by atoms with Crippen molar-refractivity contribution in [1.29, 1.82) is 0 Å². The summed E-state index contributed by atoms with van der Waals surface area (Å²) in [6.45, 7) is 8.06. The van der Waals surface area contributed by atoms with Crippen molar-refractivity contribution in [3.05, 3.63) is 60.7 Å². The number of aliphatic hydroxyl groups is 1. The van der Waals surface area contributed by atoms with Crippen LogP contribution in [-0.4, -0.2) is 12.2 Å². The van der Waals surface area contributed by atoms with Crippen molar-refractivity contribution >= 4 is 0 Å². The zero-order chi connectivity index (χ0) is 19.5. The van der Waals surface area contributed by atoms with Crippen molar-refractivity contribution in [1.82, 2.24) is 0 Å². The van der Waals surface area contributed by atoms with Gasteiger partial charge in [-0.25, -0.2) is 0 Å². The van der Waals surface area contributed by atoms with Crippen LogP contribution < -0.4 is 0 Å². The van der Waals surface area contributed by atoms with Gasteiger partial charge in [-0.1, -0.05) is 94.0 Å². The minimum atomic E-state index is 0.899. The maximum atomic E-state index is 7.00. The van der Waals surface area contributed by atoms with Crippen molar-refractivity contribution < 1.29 is 5.11 Å². The Balaban J connectivity index is 0.000000589. The summed E-state index contributed by atoms with van der Waals surface area (Å²) >= 11 is 0. The number of aliphatic hydroxyl groups excluding tert-OH is 1. The molecule has 1 aromatic carbocycles. The Morgan fingerprint density at radius 1 is 1.08 bits per heavy atom. The van der Waals surface area contributed by atoms with Crippen LogP contribution in [0.5, 0.6) is 0 Å². The van der Waals surface area contributed by atoms with Crippen molar-refractivity contribution in [2.45, 2.75) is 78.1 Å². The number of hydrogen-bond acceptors (Lipinski definition) is 1. The van der Waals surface area contributed by atoms with Crippen LogP contribution in [0.4, 0.5) is 0 Å². The van der Waals surface area contributed by atoms with Crippen LogP contribution in [0.2, 0.25) is 0 Å². The number of hydrogen-bond donors (Lipinski definition) is 1. The molecule has 0 radical (unpaired) electrons. The van der Waals surface area contributed by atoms with Gasteiger partial charge in [0.05, 0.1) is 0 Å². The van der Waals surface area contributed by atoms with E-state index in [1.807, 2.05) is 13.0 Å². The van der Waals surface area contributed by atoms with Gasteiger partial charge in [-0.2, -0.15) is 0 Å². The predicted octanol–water partition coefficient (Wildman–Crippen LogP) is 7.36. The second-order valence-corrected chi connectivity index (χ2v) is 7.29. The van der Waals surface area contributed by atoms with Gasteiger partial charge in [-0.15, -0.1) is 6.58 Å². The van der Waals surface area contributed by atoms with Crippen molar-refractivity contribution in [2.24, 2.45) is 11.8 Å². The molecule has 1 nitrogen and oxygen atoms in total. The van der Waals surface area contributed by atoms with Gasteiger partial charge >= 0.3 is 0 Å². The Morgan fingerprint density at radius 2 is 1.73 bits per heavy atom. The summed E-state index contributed by atoms with van der Waals surface area (Å²) in [4.78, 5) is 0. The largest absolute Gasteiger partial charge is 0.400 e. The summed E-state index contributed by atoms with van der Waals surface area (Å²) in [5.41, 5.74) is 1.50. The lowest BCUT2D eigenvalue weighted by molar-refractivity contribution is 0.399. The van der Waals surface area contributed by atoms with E-state index in [2.05, 4.69) is 56.0 Å². The molecule has 0 aromatic heterocycles. The maximum absolute atomic E-state index is 7.00. The highest BCUT2D eigenvalue weighted by Gasteiger charge is 2.15. The van der Waals surface area contributed by atoms with Gasteiger partial charge in [-0.05, 0) is 50.0 Å². The molecule has 2 rings (SSSR count). The zero-order valence-corrected chi connectivity index (χ0v) is 17.5. The van der Waals surface area contributed by atoms with E-state index in [-0.39, 0.29) is 0 Å². The summed E-state index contributed by atoms with van der Waals surface area (Å²) in [5.74, 6) is 1.96. The lowest BCUT2D eigenvalue weighted by Crippen LogP contribution is -2.01. The summed E-state index contributed by atoms with van der Waals surface area (Å²) in [6, 6.07) is 10.9. The maximum Gasteiger partial charge on any atom is 0.0319 e. The molecule has 0 spiro atoms. The van der Waals surface area contributed by atoms with Gasteiger partial charge in [-0.3, -0.25) is 0 Å². The first-order valence-electron chi connectivity index (χ1n) is 10.5. The fourth-order valence-corrected chi connectivity index (χ4v) is 3.40. The van der Waals surface area contributed by atoms with Crippen molar-refractivity contribution in [3.8, 4) is 0 Å². The topological polar surface area (TPSA) is 20.2 Å². The summed E-state index contributed by atoms with van der Waals surface area (Å²) in [6.07, 6.45) is 19.9. The molecule has 0 aliphatic heterocycles. The molecule has 1 aliphatic carbocycles. The highest BCUT2D eigenvalue weighted by molar-refractivity contribution is 5.14. The average Bonchev–Trinajstić information content (AvgIpc) is 3.22. The summed E-state index contributed by atoms with van der Waals surface area (Å²) in [7, 11) is 1.00. The molecule has 1 atom stereocenters. The van der Waals surface area contributed by atoms with E-state index in [0.717, 1.165) is 31.8 Å². The molecule has 0 bridgehead atoms. The van der Waals surface area contributed by atoms with E-state index < -0.39 is 0 Å². The van der Waals surface area contributed by atoms with Crippen LogP contribution in [0.1, 0.15) is 77.2 Å². The third-order valence-electron chi connectivity index (χ3n) is 5.08. The molecule has 0 amide bonds. The number of aryl methyl sites for hydroxylation is 1. The summed E-state index contributed by atoms with van der Waals surface area (Å²) in [5, 5.41) is 7.00. The van der Waals surface area contributed by atoms with E-state index >= 15 is 0 Å². The molecular weight excluding hydrogens is 316 g/mol. The van der Waals surface area contributed by atoms with Crippen LogP contribution in [0.25, 0.3) is 0 Å². The molecule has 1 unspecified atom stereocenters. The van der Waals surface area contributed by atoms with Gasteiger partial charge in [0.2, 0.25) is 0 Å². The molecule has 1 fully saturated rings. The van der Waals surface area contributed by atoms with Crippen LogP contribution >= 0.6 is 0 Å². The molecular formula is C25H42O. The quantitative estimate of drug-likeness (QED) is 0.361. The lowest BCUT2D eigenvalue weighted by atomic mass is 9.92. The third-order valence-corrected chi connectivity index (χ3v) is 5.08. The molecule has 1 aromatic rings. The average molecular weight is 359 g/mol. The van der Waals surface area contributed by atoms with E-state index in [0.29, 0.717) is 0 Å². The van der Waals surface area contributed by atoms with E-state index in [1.54, 1.807) is 0 Å². The number of benzene rings is 1. The normalized spacial score (nSPS) is 14.9. The molecule has 1 saturated carbocycles. The minimum absolute atomic E-state index is 0.899. The van der Waals surface area contributed by atoms with Gasteiger partial charge < -0.3 is 5.11 Å². The molecule has 26 heavy (non-hydrogen) atoms. The van der Waals surface area contributed by atoms with Crippen LogP contribution in [0.15, 0.2) is 55.1 Å². The van der Waals surface area contributed by atoms with Crippen LogP contribution in [0.3, 0.4) is 0 Å². The number of allylic oxidation sites excluding steroid dienone is 3. The van der Waals surface area contributed by atoms with Crippen LogP contribution in [0, 0.1) is 11.8 Å². The first kappa shape index (κ1) is 24.7. The zero-order valence-electron chi connectivity index (χ0n) is 17.5. The standard InChI is InChI=1S/C17H26.C7H12.CH4O/c1-15(12-14-17-9-5-6-10-17)11-13-16-7-3-2-4-8-16;1-3-5-7-6-4-2;1-2/h2-4,7-8,15,17H,5-6,9-14H2,1H3;3-4,6H,1,5,7H2,2H3;2H,1H3/b;6-4-;. The highest BCUT2D eigenvalue weighted by atomic mass is 16.2. The molecule has 1 heteroatoms. The Kier molecular flexibility index (Phi) is 17.5. The van der Waals surface area contributed by atoms with E-state index in [9.17, 15) is 0 Å². The molecule has 1 N–H and O–H groups in total. The third kappa shape index (κ3) is 13.9. The van der Waals surface area contributed by atoms with Gasteiger partial charge in [0.1, 0.15) is 0 Å².